The molecule has 3 rings (SSSR count). The highest BCUT2D eigenvalue weighted by Gasteiger charge is 2.58. The molecule has 0 saturated carbocycles. The van der Waals surface area contributed by atoms with Crippen LogP contribution >= 0.6 is 0 Å². The number of aryl methyl sites for hydroxylation is 1. The molecular weight excluding hydrogens is 372 g/mol. The van der Waals surface area contributed by atoms with Gasteiger partial charge in [-0.3, -0.25) is 4.79 Å². The third-order valence-corrected chi connectivity index (χ3v) is 6.86. The maximum atomic E-state index is 13.1. The lowest BCUT2D eigenvalue weighted by Crippen LogP contribution is -2.37. The van der Waals surface area contributed by atoms with Crippen LogP contribution in [0.25, 0.3) is 0 Å². The van der Waals surface area contributed by atoms with Crippen molar-refractivity contribution in [1.82, 2.24) is 0 Å². The Bertz CT molecular complexity index is 735. The number of aldehydes is 1. The van der Waals surface area contributed by atoms with E-state index in [1.54, 1.807) is 0 Å². The van der Waals surface area contributed by atoms with Gasteiger partial charge in [0.05, 0.1) is 11.5 Å². The number of hydrogen-bond acceptors (Lipinski definition) is 3. The van der Waals surface area contributed by atoms with Crippen LogP contribution in [0.3, 0.4) is 0 Å². The molecule has 0 amide bonds. The predicted octanol–water partition coefficient (Wildman–Crippen LogP) is 6.64. The molecule has 3 nitrogen and oxygen atoms in total. The summed E-state index contributed by atoms with van der Waals surface area (Å²) in [5.74, 6) is -0.0303. The molecule has 0 spiro atoms. The molecule has 0 radical (unpaired) electrons. The van der Waals surface area contributed by atoms with Crippen LogP contribution in [-0.4, -0.2) is 23.8 Å². The molecule has 0 aromatic heterocycles. The minimum atomic E-state index is -0.960. The Hall–Kier alpha value is -1.74. The SMILES string of the molecule is CCCCCCCCCCCCc1ccc(C(=O)C23C=CC(O2)C(C)(C=O)C3)cc1. The average Bonchev–Trinajstić information content (AvgIpc) is 3.32. The van der Waals surface area contributed by atoms with Crippen molar-refractivity contribution >= 4 is 12.1 Å². The third-order valence-electron chi connectivity index (χ3n) is 6.86. The van der Waals surface area contributed by atoms with Crippen LogP contribution in [0, 0.1) is 5.41 Å². The number of ketones is 1. The van der Waals surface area contributed by atoms with E-state index < -0.39 is 11.0 Å². The third kappa shape index (κ3) is 5.29. The van der Waals surface area contributed by atoms with E-state index in [-0.39, 0.29) is 11.9 Å². The number of benzene rings is 1. The number of carbonyl (C=O) groups excluding carboxylic acids is 2. The van der Waals surface area contributed by atoms with Gasteiger partial charge in [0.15, 0.2) is 11.4 Å². The van der Waals surface area contributed by atoms with Gasteiger partial charge in [-0.05, 0) is 31.4 Å². The number of unbranched alkanes of at least 4 members (excludes halogenated alkanes) is 9. The van der Waals surface area contributed by atoms with Crippen molar-refractivity contribution in [2.24, 2.45) is 5.41 Å². The van der Waals surface area contributed by atoms with Crippen LogP contribution in [0.5, 0.6) is 0 Å². The minimum absolute atomic E-state index is 0.0303. The molecule has 3 heteroatoms. The molecule has 1 saturated heterocycles. The molecule has 164 valence electrons. The summed E-state index contributed by atoms with van der Waals surface area (Å²) in [6, 6.07) is 7.98. The van der Waals surface area contributed by atoms with Gasteiger partial charge in [0.2, 0.25) is 0 Å². The van der Waals surface area contributed by atoms with Gasteiger partial charge < -0.3 is 9.53 Å². The molecule has 0 aliphatic carbocycles. The molecule has 3 unspecified atom stereocenters. The van der Waals surface area contributed by atoms with E-state index in [4.69, 9.17) is 4.74 Å². The van der Waals surface area contributed by atoms with Crippen LogP contribution in [-0.2, 0) is 16.0 Å². The number of rotatable bonds is 14. The maximum Gasteiger partial charge on any atom is 0.198 e. The highest BCUT2D eigenvalue weighted by Crippen LogP contribution is 2.50. The lowest BCUT2D eigenvalue weighted by atomic mass is 9.73. The van der Waals surface area contributed by atoms with E-state index in [0.717, 1.165) is 12.7 Å². The summed E-state index contributed by atoms with van der Waals surface area (Å²) in [7, 11) is 0. The van der Waals surface area contributed by atoms with Crippen molar-refractivity contribution in [3.63, 3.8) is 0 Å². The molecule has 30 heavy (non-hydrogen) atoms. The van der Waals surface area contributed by atoms with E-state index >= 15 is 0 Å². The van der Waals surface area contributed by atoms with Gasteiger partial charge in [0.25, 0.3) is 0 Å². The first-order chi connectivity index (χ1) is 14.5. The summed E-state index contributed by atoms with van der Waals surface area (Å²) in [5, 5.41) is 0. The number of hydrogen-bond donors (Lipinski definition) is 0. The van der Waals surface area contributed by atoms with E-state index in [2.05, 4.69) is 19.1 Å². The average molecular weight is 411 g/mol. The lowest BCUT2D eigenvalue weighted by molar-refractivity contribution is -0.116. The molecule has 0 N–H and O–H groups in total. The summed E-state index contributed by atoms with van der Waals surface area (Å²) in [4.78, 5) is 24.6. The van der Waals surface area contributed by atoms with Crippen LogP contribution in [0.4, 0.5) is 0 Å². The minimum Gasteiger partial charge on any atom is -0.354 e. The predicted molar refractivity (Wildman–Crippen MR) is 122 cm³/mol. The second-order valence-corrected chi connectivity index (χ2v) is 9.55. The zero-order valence-electron chi connectivity index (χ0n) is 18.8. The van der Waals surface area contributed by atoms with Gasteiger partial charge in [-0.15, -0.1) is 0 Å². The van der Waals surface area contributed by atoms with Crippen molar-refractivity contribution in [2.75, 3.05) is 0 Å². The Labute approximate surface area is 182 Å². The molecule has 2 bridgehead atoms. The van der Waals surface area contributed by atoms with Crippen LogP contribution in [0.2, 0.25) is 0 Å². The van der Waals surface area contributed by atoms with E-state index in [0.29, 0.717) is 12.0 Å². The smallest absolute Gasteiger partial charge is 0.198 e. The fourth-order valence-corrected chi connectivity index (χ4v) is 4.87. The second kappa shape index (κ2) is 10.5. The zero-order valence-corrected chi connectivity index (χ0v) is 18.8. The molecule has 3 atom stereocenters. The summed E-state index contributed by atoms with van der Waals surface area (Å²) in [5.41, 5.74) is 0.397. The Morgan fingerprint density at radius 1 is 1.00 bits per heavy atom. The van der Waals surface area contributed by atoms with Crippen molar-refractivity contribution in [3.05, 3.63) is 47.5 Å². The standard InChI is InChI=1S/C27H38O3/c1-3-4-5-6-7-8-9-10-11-12-13-22-14-16-23(17-15-22)25(29)27-19-18-24(30-27)26(2,20-27)21-28/h14-19,21,24H,3-13,20H2,1-2H3. The van der Waals surface area contributed by atoms with Crippen molar-refractivity contribution < 1.29 is 14.3 Å². The first-order valence-corrected chi connectivity index (χ1v) is 12.0. The second-order valence-electron chi connectivity index (χ2n) is 9.55. The summed E-state index contributed by atoms with van der Waals surface area (Å²) in [6.45, 7) is 4.14. The van der Waals surface area contributed by atoms with Crippen LogP contribution in [0.1, 0.15) is 100 Å². The summed E-state index contributed by atoms with van der Waals surface area (Å²) in [6.07, 6.45) is 19.3. The number of carbonyl (C=O) groups is 2. The molecule has 1 aromatic rings. The Kier molecular flexibility index (Phi) is 8.05. The van der Waals surface area contributed by atoms with Gasteiger partial charge in [-0.25, -0.2) is 0 Å². The van der Waals surface area contributed by atoms with Crippen molar-refractivity contribution in [2.45, 2.75) is 103 Å². The topological polar surface area (TPSA) is 43.4 Å². The summed E-state index contributed by atoms with van der Waals surface area (Å²) >= 11 is 0. The highest BCUT2D eigenvalue weighted by atomic mass is 16.5. The molecule has 1 aromatic carbocycles. The van der Waals surface area contributed by atoms with E-state index in [9.17, 15) is 9.59 Å². The monoisotopic (exact) mass is 410 g/mol. The molecule has 1 fully saturated rings. The number of Topliss-reactive ketones (excluding diaryl/α,β-unsaturated/α-hetero) is 1. The lowest BCUT2D eigenvalue weighted by Gasteiger charge is -2.25. The van der Waals surface area contributed by atoms with Crippen molar-refractivity contribution in [3.8, 4) is 0 Å². The molecule has 2 aliphatic heterocycles. The Morgan fingerprint density at radius 3 is 2.17 bits per heavy atom. The highest BCUT2D eigenvalue weighted by molar-refractivity contribution is 6.05. The molecule has 2 heterocycles. The number of fused-ring (bicyclic) bond motifs is 2. The maximum absolute atomic E-state index is 13.1. The molecule has 2 aliphatic rings. The van der Waals surface area contributed by atoms with Crippen molar-refractivity contribution in [1.29, 1.82) is 0 Å². The zero-order chi connectivity index (χ0) is 21.5. The van der Waals surface area contributed by atoms with Gasteiger partial charge in [0, 0.05) is 12.0 Å². The largest absolute Gasteiger partial charge is 0.354 e. The van der Waals surface area contributed by atoms with Gasteiger partial charge in [0.1, 0.15) is 6.29 Å². The normalized spacial score (nSPS) is 26.9. The number of ether oxygens (including phenoxy) is 1. The molecular formula is C27H38O3. The fraction of sp³-hybridized carbons (Fsp3) is 0.630. The van der Waals surface area contributed by atoms with Crippen LogP contribution < -0.4 is 0 Å². The van der Waals surface area contributed by atoms with Gasteiger partial charge >= 0.3 is 0 Å². The first kappa shape index (κ1) is 22.9. The van der Waals surface area contributed by atoms with Gasteiger partial charge in [-0.1, -0.05) is 95.1 Å². The van der Waals surface area contributed by atoms with E-state index in [1.807, 2.05) is 31.2 Å². The summed E-state index contributed by atoms with van der Waals surface area (Å²) < 4.78 is 5.96. The van der Waals surface area contributed by atoms with E-state index in [1.165, 1.54) is 69.8 Å². The van der Waals surface area contributed by atoms with Crippen LogP contribution in [0.15, 0.2) is 36.4 Å². The Balaban J connectivity index is 1.38. The fourth-order valence-electron chi connectivity index (χ4n) is 4.87. The van der Waals surface area contributed by atoms with Gasteiger partial charge in [-0.2, -0.15) is 0 Å². The quantitative estimate of drug-likeness (QED) is 0.149. The first-order valence-electron chi connectivity index (χ1n) is 12.0. The Morgan fingerprint density at radius 2 is 1.60 bits per heavy atom.